The number of aromatic nitrogens is 1. The molecule has 1 aliphatic heterocycles. The molecule has 0 amide bonds. The van der Waals surface area contributed by atoms with Gasteiger partial charge in [0, 0.05) is 22.7 Å². The highest BCUT2D eigenvalue weighted by atomic mass is 16.5. The van der Waals surface area contributed by atoms with Gasteiger partial charge >= 0.3 is 0 Å². The fourth-order valence-corrected chi connectivity index (χ4v) is 3.31. The SMILES string of the molecule is COc1ccc2[nH]cc(C(=O)C[NH+]3C[C@@H](C)O[C@H](C)C3)c2c1. The van der Waals surface area contributed by atoms with Gasteiger partial charge in [-0.25, -0.2) is 0 Å². The summed E-state index contributed by atoms with van der Waals surface area (Å²) in [7, 11) is 1.63. The molecule has 2 aromatic rings. The third-order valence-corrected chi connectivity index (χ3v) is 4.22. The van der Waals surface area contributed by atoms with E-state index in [0.29, 0.717) is 6.54 Å². The van der Waals surface area contributed by atoms with Crippen LogP contribution >= 0.6 is 0 Å². The second kappa shape index (κ2) is 6.10. The number of carbonyl (C=O) groups is 1. The van der Waals surface area contributed by atoms with Crippen LogP contribution in [0.25, 0.3) is 10.9 Å². The molecule has 2 N–H and O–H groups in total. The highest BCUT2D eigenvalue weighted by molar-refractivity contribution is 6.08. The zero-order chi connectivity index (χ0) is 15.7. The summed E-state index contributed by atoms with van der Waals surface area (Å²) < 4.78 is 11.0. The number of rotatable bonds is 4. The lowest BCUT2D eigenvalue weighted by atomic mass is 10.1. The summed E-state index contributed by atoms with van der Waals surface area (Å²) in [4.78, 5) is 17.1. The molecule has 118 valence electrons. The number of quaternary nitrogens is 1. The molecule has 5 nitrogen and oxygen atoms in total. The summed E-state index contributed by atoms with van der Waals surface area (Å²) in [5.74, 6) is 0.929. The summed E-state index contributed by atoms with van der Waals surface area (Å²) in [6.45, 7) is 6.39. The van der Waals surface area contributed by atoms with Crippen LogP contribution in [0.15, 0.2) is 24.4 Å². The van der Waals surface area contributed by atoms with Crippen molar-refractivity contribution >= 4 is 16.7 Å². The number of ketones is 1. The van der Waals surface area contributed by atoms with E-state index in [1.807, 2.05) is 18.2 Å². The molecule has 0 radical (unpaired) electrons. The number of H-pyrrole nitrogens is 1. The van der Waals surface area contributed by atoms with Crippen LogP contribution in [-0.2, 0) is 4.74 Å². The van der Waals surface area contributed by atoms with Crippen LogP contribution in [0.5, 0.6) is 5.75 Å². The monoisotopic (exact) mass is 303 g/mol. The molecule has 1 aromatic carbocycles. The smallest absolute Gasteiger partial charge is 0.219 e. The minimum absolute atomic E-state index is 0.163. The molecular formula is C17H23N2O3+. The highest BCUT2D eigenvalue weighted by Gasteiger charge is 2.28. The Morgan fingerprint density at radius 1 is 1.36 bits per heavy atom. The van der Waals surface area contributed by atoms with Crippen LogP contribution in [0, 0.1) is 0 Å². The molecule has 1 aromatic heterocycles. The van der Waals surface area contributed by atoms with Crippen molar-refractivity contribution < 1.29 is 19.2 Å². The molecule has 5 heteroatoms. The van der Waals surface area contributed by atoms with Crippen molar-refractivity contribution in [2.75, 3.05) is 26.7 Å². The number of fused-ring (bicyclic) bond motifs is 1. The third kappa shape index (κ3) is 3.00. The number of methoxy groups -OCH3 is 1. The Bertz CT molecular complexity index is 670. The molecule has 1 aliphatic rings. The van der Waals surface area contributed by atoms with E-state index in [2.05, 4.69) is 18.8 Å². The van der Waals surface area contributed by atoms with Gasteiger partial charge in [0.25, 0.3) is 0 Å². The lowest BCUT2D eigenvalue weighted by molar-refractivity contribution is -0.906. The van der Waals surface area contributed by atoms with Gasteiger partial charge in [-0.1, -0.05) is 0 Å². The van der Waals surface area contributed by atoms with Crippen molar-refractivity contribution in [3.8, 4) is 5.75 Å². The van der Waals surface area contributed by atoms with Crippen LogP contribution in [0.1, 0.15) is 24.2 Å². The average molecular weight is 303 g/mol. The number of carbonyl (C=O) groups excluding carboxylic acids is 1. The van der Waals surface area contributed by atoms with Crippen LogP contribution in [-0.4, -0.2) is 49.7 Å². The standard InChI is InChI=1S/C17H22N2O3/c1-11-8-19(9-12(2)22-11)10-17(20)15-7-18-16-5-4-13(21-3)6-14(15)16/h4-7,11-12,18H,8-10H2,1-3H3/p+1/t11-,12-/m1/s1. The summed E-state index contributed by atoms with van der Waals surface area (Å²) in [5, 5.41) is 0.929. The van der Waals surface area contributed by atoms with Gasteiger partial charge in [0.05, 0.1) is 7.11 Å². The van der Waals surface area contributed by atoms with E-state index in [4.69, 9.17) is 9.47 Å². The predicted molar refractivity (Wildman–Crippen MR) is 84.8 cm³/mol. The number of morpholine rings is 1. The van der Waals surface area contributed by atoms with E-state index in [9.17, 15) is 4.79 Å². The van der Waals surface area contributed by atoms with Gasteiger partial charge in [-0.3, -0.25) is 4.79 Å². The molecule has 1 fully saturated rings. The van der Waals surface area contributed by atoms with Gasteiger partial charge in [0.15, 0.2) is 0 Å². The van der Waals surface area contributed by atoms with Crippen molar-refractivity contribution in [2.24, 2.45) is 0 Å². The Morgan fingerprint density at radius 3 is 2.77 bits per heavy atom. The summed E-state index contributed by atoms with van der Waals surface area (Å²) in [6.07, 6.45) is 2.21. The Balaban J connectivity index is 1.80. The van der Waals surface area contributed by atoms with Gasteiger partial charge in [-0.05, 0) is 32.0 Å². The minimum atomic E-state index is 0.163. The summed E-state index contributed by atoms with van der Waals surface area (Å²) in [5.41, 5.74) is 1.70. The van der Waals surface area contributed by atoms with E-state index >= 15 is 0 Å². The van der Waals surface area contributed by atoms with Crippen molar-refractivity contribution in [2.45, 2.75) is 26.1 Å². The lowest BCUT2D eigenvalue weighted by Gasteiger charge is -2.31. The largest absolute Gasteiger partial charge is 0.497 e. The highest BCUT2D eigenvalue weighted by Crippen LogP contribution is 2.23. The lowest BCUT2D eigenvalue weighted by Crippen LogP contribution is -3.16. The van der Waals surface area contributed by atoms with E-state index < -0.39 is 0 Å². The van der Waals surface area contributed by atoms with Crippen LogP contribution < -0.4 is 9.64 Å². The number of benzene rings is 1. The van der Waals surface area contributed by atoms with Gasteiger partial charge in [0.1, 0.15) is 37.6 Å². The van der Waals surface area contributed by atoms with Crippen LogP contribution in [0.2, 0.25) is 0 Å². The number of Topliss-reactive ketones (excluding diaryl/α,β-unsaturated/α-hetero) is 1. The molecule has 2 atom stereocenters. The molecule has 0 bridgehead atoms. The zero-order valence-corrected chi connectivity index (χ0v) is 13.3. The molecule has 2 heterocycles. The molecule has 22 heavy (non-hydrogen) atoms. The van der Waals surface area contributed by atoms with Crippen molar-refractivity contribution in [1.82, 2.24) is 4.98 Å². The maximum atomic E-state index is 12.7. The minimum Gasteiger partial charge on any atom is -0.497 e. The maximum Gasteiger partial charge on any atom is 0.219 e. The first-order chi connectivity index (χ1) is 10.6. The third-order valence-electron chi connectivity index (χ3n) is 4.22. The fourth-order valence-electron chi connectivity index (χ4n) is 3.31. The molecule has 0 saturated carbocycles. The first kappa shape index (κ1) is 15.1. The molecular weight excluding hydrogens is 280 g/mol. The van der Waals surface area contributed by atoms with Gasteiger partial charge in [-0.2, -0.15) is 0 Å². The van der Waals surface area contributed by atoms with E-state index in [1.54, 1.807) is 13.3 Å². The van der Waals surface area contributed by atoms with Crippen molar-refractivity contribution in [3.05, 3.63) is 30.0 Å². The van der Waals surface area contributed by atoms with E-state index in [0.717, 1.165) is 35.3 Å². The Labute approximate surface area is 130 Å². The second-order valence-corrected chi connectivity index (χ2v) is 6.13. The summed E-state index contributed by atoms with van der Waals surface area (Å²) >= 11 is 0. The average Bonchev–Trinajstić information content (AvgIpc) is 2.88. The topological polar surface area (TPSA) is 55.8 Å². The van der Waals surface area contributed by atoms with Gasteiger partial charge in [-0.15, -0.1) is 0 Å². The van der Waals surface area contributed by atoms with Crippen LogP contribution in [0.3, 0.4) is 0 Å². The molecule has 0 spiro atoms. The first-order valence-corrected chi connectivity index (χ1v) is 7.74. The van der Waals surface area contributed by atoms with E-state index in [-0.39, 0.29) is 18.0 Å². The number of hydrogen-bond acceptors (Lipinski definition) is 3. The Hall–Kier alpha value is -1.85. The fraction of sp³-hybridized carbons (Fsp3) is 0.471. The summed E-state index contributed by atoms with van der Waals surface area (Å²) in [6, 6.07) is 5.75. The second-order valence-electron chi connectivity index (χ2n) is 6.13. The predicted octanol–water partition coefficient (Wildman–Crippen LogP) is 1.05. The molecule has 0 unspecified atom stereocenters. The maximum absolute atomic E-state index is 12.7. The van der Waals surface area contributed by atoms with Gasteiger partial charge in [0.2, 0.25) is 5.78 Å². The normalized spacial score (nSPS) is 25.3. The number of hydrogen-bond donors (Lipinski definition) is 2. The van der Waals surface area contributed by atoms with E-state index in [1.165, 1.54) is 4.90 Å². The van der Waals surface area contributed by atoms with Crippen molar-refractivity contribution in [1.29, 1.82) is 0 Å². The van der Waals surface area contributed by atoms with Gasteiger partial charge < -0.3 is 19.4 Å². The molecule has 1 saturated heterocycles. The number of aromatic amines is 1. The first-order valence-electron chi connectivity index (χ1n) is 7.74. The Morgan fingerprint density at radius 2 is 2.09 bits per heavy atom. The quantitative estimate of drug-likeness (QED) is 0.830. The number of nitrogens with one attached hydrogen (secondary N) is 2. The number of ether oxygens (including phenoxy) is 2. The molecule has 0 aliphatic carbocycles. The van der Waals surface area contributed by atoms with Crippen LogP contribution in [0.4, 0.5) is 0 Å². The van der Waals surface area contributed by atoms with Crippen molar-refractivity contribution in [3.63, 3.8) is 0 Å². The Kier molecular flexibility index (Phi) is 4.18. The molecule has 3 rings (SSSR count). The zero-order valence-electron chi connectivity index (χ0n) is 13.3.